The van der Waals surface area contributed by atoms with Gasteiger partial charge < -0.3 is 20.4 Å². The van der Waals surface area contributed by atoms with Gasteiger partial charge in [-0.2, -0.15) is 0 Å². The standard InChI is InChI=1S/C6H14O2.C5H8O4/c7-5-3-1-2-4-6-8;6-4(7)2-1-3-5(8)9/h7-8H,1-6H2;1-3H2,(H,6,7)(H,8,9). The molecule has 0 fully saturated rings. The normalized spacial score (nSPS) is 9.29. The van der Waals surface area contributed by atoms with Gasteiger partial charge in [0.15, 0.2) is 0 Å². The average molecular weight is 250 g/mol. The fourth-order valence-electron chi connectivity index (χ4n) is 0.968. The van der Waals surface area contributed by atoms with E-state index in [1.165, 1.54) is 0 Å². The first-order valence-corrected chi connectivity index (χ1v) is 5.70. The molecule has 0 spiro atoms. The molecule has 17 heavy (non-hydrogen) atoms. The molecular weight excluding hydrogens is 228 g/mol. The Morgan fingerprint density at radius 1 is 0.647 bits per heavy atom. The Hall–Kier alpha value is -1.14. The largest absolute Gasteiger partial charge is 0.481 e. The number of hydrogen-bond donors (Lipinski definition) is 4. The molecule has 102 valence electrons. The van der Waals surface area contributed by atoms with Gasteiger partial charge in [0.1, 0.15) is 0 Å². The zero-order valence-electron chi connectivity index (χ0n) is 9.97. The maximum Gasteiger partial charge on any atom is 0.303 e. The molecule has 0 aromatic rings. The summed E-state index contributed by atoms with van der Waals surface area (Å²) in [5, 5.41) is 32.7. The fraction of sp³-hybridized carbons (Fsp3) is 0.818. The lowest BCUT2D eigenvalue weighted by Crippen LogP contribution is -1.98. The molecule has 0 bridgehead atoms. The maximum atomic E-state index is 9.79. The molecular formula is C11H22O6. The highest BCUT2D eigenvalue weighted by Crippen LogP contribution is 1.96. The van der Waals surface area contributed by atoms with Crippen LogP contribution in [0.25, 0.3) is 0 Å². The van der Waals surface area contributed by atoms with Crippen molar-refractivity contribution in [2.24, 2.45) is 0 Å². The van der Waals surface area contributed by atoms with Crippen molar-refractivity contribution in [3.8, 4) is 0 Å². The van der Waals surface area contributed by atoms with E-state index >= 15 is 0 Å². The van der Waals surface area contributed by atoms with Gasteiger partial charge in [-0.15, -0.1) is 0 Å². The summed E-state index contributed by atoms with van der Waals surface area (Å²) in [6.45, 7) is 0.566. The van der Waals surface area contributed by atoms with Crippen molar-refractivity contribution in [3.63, 3.8) is 0 Å². The zero-order valence-corrected chi connectivity index (χ0v) is 9.97. The Balaban J connectivity index is 0. The van der Waals surface area contributed by atoms with Crippen molar-refractivity contribution >= 4 is 11.9 Å². The molecule has 0 unspecified atom stereocenters. The molecule has 0 amide bonds. The van der Waals surface area contributed by atoms with E-state index in [4.69, 9.17) is 20.4 Å². The predicted octanol–water partition coefficient (Wildman–Crippen LogP) is 0.857. The van der Waals surface area contributed by atoms with Crippen LogP contribution in [0.3, 0.4) is 0 Å². The average Bonchev–Trinajstić information content (AvgIpc) is 2.24. The van der Waals surface area contributed by atoms with E-state index in [1.54, 1.807) is 0 Å². The Labute approximate surface area is 101 Å². The zero-order chi connectivity index (χ0) is 13.5. The van der Waals surface area contributed by atoms with E-state index in [0.29, 0.717) is 0 Å². The summed E-state index contributed by atoms with van der Waals surface area (Å²) in [4.78, 5) is 19.6. The number of rotatable bonds is 9. The molecule has 0 aliphatic heterocycles. The third kappa shape index (κ3) is 25.3. The lowest BCUT2D eigenvalue weighted by molar-refractivity contribution is -0.138. The highest BCUT2D eigenvalue weighted by molar-refractivity contribution is 5.69. The third-order valence-corrected chi connectivity index (χ3v) is 1.85. The number of aliphatic carboxylic acids is 2. The van der Waals surface area contributed by atoms with E-state index in [0.717, 1.165) is 25.7 Å². The summed E-state index contributed by atoms with van der Waals surface area (Å²) in [7, 11) is 0. The Bertz CT molecular complexity index is 172. The maximum absolute atomic E-state index is 9.79. The van der Waals surface area contributed by atoms with Gasteiger partial charge in [-0.25, -0.2) is 0 Å². The molecule has 6 heteroatoms. The molecule has 0 aromatic heterocycles. The lowest BCUT2D eigenvalue weighted by Gasteiger charge is -1.93. The highest BCUT2D eigenvalue weighted by Gasteiger charge is 1.99. The van der Waals surface area contributed by atoms with Crippen LogP contribution in [0.2, 0.25) is 0 Å². The SMILES string of the molecule is O=C(O)CCCC(=O)O.OCCCCCCO. The summed E-state index contributed by atoms with van der Waals surface area (Å²) in [5.41, 5.74) is 0. The number of aliphatic hydroxyl groups is 2. The highest BCUT2D eigenvalue weighted by atomic mass is 16.4. The molecule has 0 saturated carbocycles. The van der Waals surface area contributed by atoms with Crippen LogP contribution in [0, 0.1) is 0 Å². The summed E-state index contributed by atoms with van der Waals surface area (Å²) in [6.07, 6.45) is 3.91. The number of carboxylic acids is 2. The summed E-state index contributed by atoms with van der Waals surface area (Å²) in [6, 6.07) is 0. The molecule has 0 aliphatic rings. The van der Waals surface area contributed by atoms with E-state index < -0.39 is 11.9 Å². The van der Waals surface area contributed by atoms with Gasteiger partial charge in [0, 0.05) is 26.1 Å². The van der Waals surface area contributed by atoms with Crippen molar-refractivity contribution in [2.75, 3.05) is 13.2 Å². The van der Waals surface area contributed by atoms with Crippen LogP contribution in [0.1, 0.15) is 44.9 Å². The first-order valence-electron chi connectivity index (χ1n) is 5.70. The molecule has 0 saturated heterocycles. The number of carboxylic acid groups (broad SMARTS) is 2. The lowest BCUT2D eigenvalue weighted by atomic mass is 10.2. The smallest absolute Gasteiger partial charge is 0.303 e. The quantitative estimate of drug-likeness (QED) is 0.451. The monoisotopic (exact) mass is 250 g/mol. The molecule has 6 nitrogen and oxygen atoms in total. The molecule has 0 aliphatic carbocycles. The Kier molecular flexibility index (Phi) is 15.9. The number of hydrogen-bond acceptors (Lipinski definition) is 4. The first-order chi connectivity index (χ1) is 8.04. The second-order valence-corrected chi connectivity index (χ2v) is 3.50. The summed E-state index contributed by atoms with van der Waals surface area (Å²) >= 11 is 0. The molecule has 0 aromatic carbocycles. The second kappa shape index (κ2) is 14.9. The molecule has 0 heterocycles. The Morgan fingerprint density at radius 2 is 1.00 bits per heavy atom. The van der Waals surface area contributed by atoms with Gasteiger partial charge in [-0.1, -0.05) is 12.8 Å². The van der Waals surface area contributed by atoms with Gasteiger partial charge in [0.25, 0.3) is 0 Å². The minimum atomic E-state index is -0.948. The van der Waals surface area contributed by atoms with Crippen LogP contribution < -0.4 is 0 Å². The second-order valence-electron chi connectivity index (χ2n) is 3.50. The van der Waals surface area contributed by atoms with Gasteiger partial charge >= 0.3 is 11.9 Å². The topological polar surface area (TPSA) is 115 Å². The van der Waals surface area contributed by atoms with Crippen LogP contribution >= 0.6 is 0 Å². The number of carbonyl (C=O) groups is 2. The predicted molar refractivity (Wildman–Crippen MR) is 61.8 cm³/mol. The first kappa shape index (κ1) is 18.2. The van der Waals surface area contributed by atoms with Gasteiger partial charge in [0.2, 0.25) is 0 Å². The van der Waals surface area contributed by atoms with Crippen LogP contribution in [0.4, 0.5) is 0 Å². The Morgan fingerprint density at radius 3 is 1.24 bits per heavy atom. The van der Waals surface area contributed by atoms with E-state index in [-0.39, 0.29) is 32.5 Å². The van der Waals surface area contributed by atoms with Gasteiger partial charge in [0.05, 0.1) is 0 Å². The van der Waals surface area contributed by atoms with Crippen molar-refractivity contribution in [1.82, 2.24) is 0 Å². The number of aliphatic hydroxyl groups excluding tert-OH is 2. The summed E-state index contributed by atoms with van der Waals surface area (Å²) in [5.74, 6) is -1.90. The van der Waals surface area contributed by atoms with Gasteiger partial charge in [-0.05, 0) is 19.3 Å². The van der Waals surface area contributed by atoms with Crippen molar-refractivity contribution in [3.05, 3.63) is 0 Å². The van der Waals surface area contributed by atoms with Crippen LogP contribution in [-0.2, 0) is 9.59 Å². The molecule has 4 N–H and O–H groups in total. The van der Waals surface area contributed by atoms with Crippen molar-refractivity contribution in [2.45, 2.75) is 44.9 Å². The van der Waals surface area contributed by atoms with Crippen molar-refractivity contribution in [1.29, 1.82) is 0 Å². The molecule has 0 radical (unpaired) electrons. The number of unbranched alkanes of at least 4 members (excludes halogenated alkanes) is 3. The molecule has 0 rings (SSSR count). The van der Waals surface area contributed by atoms with E-state index in [9.17, 15) is 9.59 Å². The minimum absolute atomic E-state index is 0.0632. The van der Waals surface area contributed by atoms with E-state index in [2.05, 4.69) is 0 Å². The van der Waals surface area contributed by atoms with Crippen LogP contribution in [0.5, 0.6) is 0 Å². The van der Waals surface area contributed by atoms with Crippen LogP contribution in [0.15, 0.2) is 0 Å². The summed E-state index contributed by atoms with van der Waals surface area (Å²) < 4.78 is 0. The van der Waals surface area contributed by atoms with Crippen LogP contribution in [-0.4, -0.2) is 45.6 Å². The van der Waals surface area contributed by atoms with Gasteiger partial charge in [-0.3, -0.25) is 9.59 Å². The molecule has 0 atom stereocenters. The minimum Gasteiger partial charge on any atom is -0.481 e. The van der Waals surface area contributed by atoms with Crippen molar-refractivity contribution < 1.29 is 30.0 Å². The third-order valence-electron chi connectivity index (χ3n) is 1.85. The van der Waals surface area contributed by atoms with E-state index in [1.807, 2.05) is 0 Å². The fourth-order valence-corrected chi connectivity index (χ4v) is 0.968.